The standard InChI is InChI=1S/C46H38O.3CH3O.Hf/c1-31-27-43-37(33-15-5-3-6-16-33)23-13-25-41(43)45(31)39-21-11-9-19-35(39)29-47-30-36-20-10-12-22-40(36)46-32(2)28-44-38(24-14-26-42(44)46)34-17-7-4-8-18-34;3*1-2;/h3-28,45-46H,29-30H2,1-2H3;3*1H3;/q;3*-1;+3. The number of hydrogen-bond donors (Lipinski definition) is 0. The second-order valence-electron chi connectivity index (χ2n) is 13.7. The van der Waals surface area contributed by atoms with Crippen molar-refractivity contribution in [2.24, 2.45) is 0 Å². The summed E-state index contributed by atoms with van der Waals surface area (Å²) in [6.07, 6.45) is 4.77. The van der Waals surface area contributed by atoms with Crippen molar-refractivity contribution in [1.82, 2.24) is 0 Å². The van der Waals surface area contributed by atoms with Crippen LogP contribution in [0.15, 0.2) is 157 Å². The third-order valence-electron chi connectivity index (χ3n) is 10.5. The normalized spacial score (nSPS) is 15.4. The summed E-state index contributed by atoms with van der Waals surface area (Å²) in [4.78, 5) is 0. The third-order valence-corrected chi connectivity index (χ3v) is 14.1. The van der Waals surface area contributed by atoms with Crippen LogP contribution in [0.3, 0.4) is 0 Å². The number of fused-ring (bicyclic) bond motifs is 2. The van der Waals surface area contributed by atoms with Crippen LogP contribution in [-0.2, 0) is 49.3 Å². The molecule has 54 heavy (non-hydrogen) atoms. The number of rotatable bonds is 11. The van der Waals surface area contributed by atoms with Gasteiger partial charge in [-0.1, -0.05) is 169 Å². The Bertz CT molecular complexity index is 2100. The Morgan fingerprint density at radius 2 is 0.796 bits per heavy atom. The van der Waals surface area contributed by atoms with E-state index in [2.05, 4.69) is 172 Å². The predicted octanol–water partition coefficient (Wildman–Crippen LogP) is 12.1. The van der Waals surface area contributed by atoms with Crippen LogP contribution in [0, 0.1) is 0 Å². The molecule has 271 valence electrons. The van der Waals surface area contributed by atoms with Crippen LogP contribution < -0.4 is 0 Å². The summed E-state index contributed by atoms with van der Waals surface area (Å²) in [5.74, 6) is 0.449. The number of ether oxygens (including phenoxy) is 1. The Morgan fingerprint density at radius 3 is 1.19 bits per heavy atom. The van der Waals surface area contributed by atoms with E-state index in [1.54, 1.807) is 21.3 Å². The van der Waals surface area contributed by atoms with E-state index >= 15 is 0 Å². The first-order chi connectivity index (χ1) is 26.5. The van der Waals surface area contributed by atoms with E-state index in [9.17, 15) is 0 Å². The summed E-state index contributed by atoms with van der Waals surface area (Å²) in [7, 11) is 4.82. The fourth-order valence-electron chi connectivity index (χ4n) is 8.08. The summed E-state index contributed by atoms with van der Waals surface area (Å²) in [6.45, 7) is 5.67. The maximum atomic E-state index is 6.60. The average molecular weight is 878 g/mol. The van der Waals surface area contributed by atoms with E-state index in [0.717, 1.165) is 0 Å². The molecule has 5 heteroatoms. The van der Waals surface area contributed by atoms with Crippen molar-refractivity contribution >= 4 is 12.2 Å². The predicted molar refractivity (Wildman–Crippen MR) is 217 cm³/mol. The van der Waals surface area contributed by atoms with Gasteiger partial charge in [0, 0.05) is 11.8 Å². The summed E-state index contributed by atoms with van der Waals surface area (Å²) in [5, 5.41) is 0. The first-order valence-electron chi connectivity index (χ1n) is 18.5. The van der Waals surface area contributed by atoms with E-state index in [1.807, 2.05) is 0 Å². The Balaban J connectivity index is 0.000000588. The molecule has 0 aromatic heterocycles. The molecule has 0 fully saturated rings. The summed E-state index contributed by atoms with van der Waals surface area (Å²) >= 11 is -2.29. The molecule has 6 aromatic carbocycles. The molecule has 0 heterocycles. The Morgan fingerprint density at radius 1 is 0.426 bits per heavy atom. The van der Waals surface area contributed by atoms with Gasteiger partial charge in [-0.15, -0.1) is 0 Å². The van der Waals surface area contributed by atoms with Crippen molar-refractivity contribution in [3.63, 3.8) is 0 Å². The van der Waals surface area contributed by atoms with E-state index in [1.165, 1.54) is 77.9 Å². The van der Waals surface area contributed by atoms with Crippen LogP contribution in [0.1, 0.15) is 70.2 Å². The Hall–Kier alpha value is -4.49. The molecule has 4 nitrogen and oxygen atoms in total. The first kappa shape index (κ1) is 37.8. The van der Waals surface area contributed by atoms with Gasteiger partial charge in [-0.3, -0.25) is 0 Å². The van der Waals surface area contributed by atoms with Crippen LogP contribution >= 0.6 is 0 Å². The number of allylic oxidation sites excluding steroid dienone is 2. The van der Waals surface area contributed by atoms with Gasteiger partial charge in [-0.05, 0) is 80.6 Å². The second kappa shape index (κ2) is 17.8. The molecule has 2 aliphatic rings. The van der Waals surface area contributed by atoms with Crippen molar-refractivity contribution in [2.45, 2.75) is 38.9 Å². The van der Waals surface area contributed by atoms with Crippen molar-refractivity contribution in [3.8, 4) is 22.3 Å². The van der Waals surface area contributed by atoms with Crippen LogP contribution in [0.4, 0.5) is 0 Å². The zero-order valence-electron chi connectivity index (χ0n) is 31.7. The van der Waals surface area contributed by atoms with Crippen molar-refractivity contribution in [2.75, 3.05) is 21.3 Å². The van der Waals surface area contributed by atoms with Gasteiger partial charge in [0.15, 0.2) is 0 Å². The molecule has 0 spiro atoms. The van der Waals surface area contributed by atoms with Gasteiger partial charge in [0.2, 0.25) is 0 Å². The monoisotopic (exact) mass is 879 g/mol. The van der Waals surface area contributed by atoms with Gasteiger partial charge in [-0.2, -0.15) is 0 Å². The van der Waals surface area contributed by atoms with E-state index in [4.69, 9.17) is 13.3 Å². The van der Waals surface area contributed by atoms with Gasteiger partial charge in [0.05, 0.1) is 13.2 Å². The van der Waals surface area contributed by atoms with Crippen molar-refractivity contribution < 1.29 is 36.0 Å². The van der Waals surface area contributed by atoms with Gasteiger partial charge in [0.25, 0.3) is 0 Å². The van der Waals surface area contributed by atoms with E-state index in [0.29, 0.717) is 13.2 Å². The second-order valence-corrected chi connectivity index (χ2v) is 19.9. The number of hydrogen-bond acceptors (Lipinski definition) is 4. The molecular formula is C49H47HfO4. The molecule has 0 saturated carbocycles. The molecule has 0 amide bonds. The zero-order chi connectivity index (χ0) is 37.4. The summed E-state index contributed by atoms with van der Waals surface area (Å²) in [6, 6.07) is 52.6. The molecule has 2 atom stereocenters. The molecule has 0 saturated heterocycles. The molecule has 0 radical (unpaired) electrons. The van der Waals surface area contributed by atoms with Crippen LogP contribution in [0.25, 0.3) is 34.4 Å². The van der Waals surface area contributed by atoms with Crippen LogP contribution in [0.2, 0.25) is 0 Å². The Kier molecular flexibility index (Phi) is 12.4. The fourth-order valence-corrected chi connectivity index (χ4v) is 9.88. The molecular weight excluding hydrogens is 831 g/mol. The maximum absolute atomic E-state index is 6.60. The first-order valence-corrected chi connectivity index (χ1v) is 22.9. The van der Waals surface area contributed by atoms with Crippen molar-refractivity contribution in [3.05, 3.63) is 201 Å². The number of benzene rings is 6. The quantitative estimate of drug-likeness (QED) is 0.122. The van der Waals surface area contributed by atoms with Crippen LogP contribution in [0.5, 0.6) is 0 Å². The molecule has 0 N–H and O–H groups in total. The molecule has 8 rings (SSSR count). The Labute approximate surface area is 330 Å². The van der Waals surface area contributed by atoms with Crippen LogP contribution in [-0.4, -0.2) is 21.3 Å². The molecule has 0 bridgehead atoms. The average Bonchev–Trinajstić information content (AvgIpc) is 3.74. The summed E-state index contributed by atoms with van der Waals surface area (Å²) < 4.78 is 21.1. The topological polar surface area (TPSA) is 36.9 Å². The fraction of sp³-hybridized carbons (Fsp3) is 0.184. The van der Waals surface area contributed by atoms with Crippen molar-refractivity contribution in [1.29, 1.82) is 0 Å². The van der Waals surface area contributed by atoms with Gasteiger partial charge >= 0.3 is 52.6 Å². The molecule has 0 aliphatic heterocycles. The molecule has 2 aliphatic carbocycles. The van der Waals surface area contributed by atoms with E-state index in [-0.39, 0.29) is 11.8 Å². The zero-order valence-corrected chi connectivity index (χ0v) is 35.3. The SMILES string of the molecule is CC1=Cc2c(-c3ccccc3)cccc2C1c1ccccc1COCc1ccccc1C1C(C)=Cc2c(-c3ccccc3)cccc21.C[O][Hf]([O]C)[O]C. The molecule has 2 unspecified atom stereocenters. The van der Waals surface area contributed by atoms with Gasteiger partial charge < -0.3 is 4.74 Å². The van der Waals surface area contributed by atoms with Gasteiger partial charge in [0.1, 0.15) is 0 Å². The minimum atomic E-state index is -2.29. The summed E-state index contributed by atoms with van der Waals surface area (Å²) in [5.41, 5.74) is 18.4. The third kappa shape index (κ3) is 7.98. The molecule has 6 aromatic rings. The van der Waals surface area contributed by atoms with Gasteiger partial charge in [-0.25, -0.2) is 0 Å². The van der Waals surface area contributed by atoms with E-state index < -0.39 is 22.7 Å². The minimum absolute atomic E-state index is 0.224.